The van der Waals surface area contributed by atoms with Crippen LogP contribution in [0, 0.1) is 0 Å². The van der Waals surface area contributed by atoms with Gasteiger partial charge in [-0.25, -0.2) is 8.42 Å². The number of rotatable bonds is 9. The third-order valence-electron chi connectivity index (χ3n) is 3.70. The van der Waals surface area contributed by atoms with Crippen LogP contribution in [0.1, 0.15) is 23.8 Å². The summed E-state index contributed by atoms with van der Waals surface area (Å²) in [4.78, 5) is 1.23. The third kappa shape index (κ3) is 5.64. The maximum Gasteiger partial charge on any atom is 0.214 e. The van der Waals surface area contributed by atoms with Crippen molar-refractivity contribution in [3.63, 3.8) is 0 Å². The van der Waals surface area contributed by atoms with Crippen molar-refractivity contribution >= 4 is 34.0 Å². The molecule has 1 aromatic carbocycles. The molecule has 0 saturated carbocycles. The first kappa shape index (κ1) is 18.5. The van der Waals surface area contributed by atoms with Crippen LogP contribution in [0.15, 0.2) is 47.8 Å². The van der Waals surface area contributed by atoms with E-state index in [0.29, 0.717) is 18.7 Å². The molecule has 0 unspecified atom stereocenters. The second-order valence-corrected chi connectivity index (χ2v) is 9.00. The van der Waals surface area contributed by atoms with Crippen molar-refractivity contribution in [1.82, 2.24) is 4.31 Å². The van der Waals surface area contributed by atoms with Crippen LogP contribution >= 0.6 is 24.0 Å². The lowest BCUT2D eigenvalue weighted by Gasteiger charge is -2.27. The normalized spacial score (nSPS) is 13.3. The van der Waals surface area contributed by atoms with E-state index >= 15 is 0 Å². The van der Waals surface area contributed by atoms with Crippen molar-refractivity contribution in [2.24, 2.45) is 0 Å². The topological polar surface area (TPSA) is 37.4 Å². The van der Waals surface area contributed by atoms with Crippen molar-refractivity contribution in [2.45, 2.75) is 32.4 Å². The highest BCUT2D eigenvalue weighted by Gasteiger charge is 2.26. The second kappa shape index (κ2) is 8.87. The molecular formula is C17H23NO2S3. The number of thiophene rings is 1. The summed E-state index contributed by atoms with van der Waals surface area (Å²) in [5, 5.41) is 2.02. The zero-order valence-electron chi connectivity index (χ0n) is 13.3. The lowest BCUT2D eigenvalue weighted by Crippen LogP contribution is -2.40. The molecule has 0 amide bonds. The van der Waals surface area contributed by atoms with Crippen molar-refractivity contribution in [1.29, 1.82) is 0 Å². The fourth-order valence-electron chi connectivity index (χ4n) is 2.38. The number of thiol groups is 1. The molecule has 0 N–H and O–H groups in total. The van der Waals surface area contributed by atoms with Crippen LogP contribution in [0.2, 0.25) is 0 Å². The maximum absolute atomic E-state index is 12.8. The molecule has 0 aliphatic carbocycles. The SMILES string of the molecule is C[C@H](CS)N(Cc1ccccc1)S(=O)(=O)CCCc1cccs1. The Morgan fingerprint density at radius 2 is 1.91 bits per heavy atom. The quantitative estimate of drug-likeness (QED) is 0.682. The molecule has 0 aliphatic rings. The summed E-state index contributed by atoms with van der Waals surface area (Å²) in [6.45, 7) is 2.32. The zero-order valence-corrected chi connectivity index (χ0v) is 15.8. The van der Waals surface area contributed by atoms with E-state index in [1.165, 1.54) is 4.88 Å². The van der Waals surface area contributed by atoms with E-state index < -0.39 is 10.0 Å². The Morgan fingerprint density at radius 1 is 1.17 bits per heavy atom. The molecule has 0 saturated heterocycles. The Kier molecular flexibility index (Phi) is 7.14. The highest BCUT2D eigenvalue weighted by atomic mass is 32.2. The number of nitrogens with zero attached hydrogens (tertiary/aromatic N) is 1. The molecule has 0 aliphatic heterocycles. The Morgan fingerprint density at radius 3 is 2.52 bits per heavy atom. The average Bonchev–Trinajstić information content (AvgIpc) is 3.06. The van der Waals surface area contributed by atoms with Crippen LogP contribution in [0.3, 0.4) is 0 Å². The van der Waals surface area contributed by atoms with E-state index in [4.69, 9.17) is 0 Å². The van der Waals surface area contributed by atoms with Crippen molar-refractivity contribution in [3.05, 3.63) is 58.3 Å². The minimum absolute atomic E-state index is 0.120. The Balaban J connectivity index is 2.03. The van der Waals surface area contributed by atoms with Crippen molar-refractivity contribution in [3.8, 4) is 0 Å². The van der Waals surface area contributed by atoms with Crippen LogP contribution in [0.5, 0.6) is 0 Å². The number of hydrogen-bond acceptors (Lipinski definition) is 4. The fraction of sp³-hybridized carbons (Fsp3) is 0.412. The molecule has 0 radical (unpaired) electrons. The molecule has 6 heteroatoms. The molecule has 1 atom stereocenters. The van der Waals surface area contributed by atoms with Crippen molar-refractivity contribution < 1.29 is 8.42 Å². The molecule has 126 valence electrons. The lowest BCUT2D eigenvalue weighted by atomic mass is 10.2. The van der Waals surface area contributed by atoms with Gasteiger partial charge in [0.15, 0.2) is 0 Å². The number of hydrogen-bond donors (Lipinski definition) is 1. The van der Waals surface area contributed by atoms with E-state index in [1.807, 2.05) is 48.7 Å². The minimum atomic E-state index is -3.30. The molecule has 2 aromatic rings. The fourth-order valence-corrected chi connectivity index (χ4v) is 5.15. The number of aryl methyl sites for hydroxylation is 1. The van der Waals surface area contributed by atoms with Gasteiger partial charge in [0, 0.05) is 23.2 Å². The Labute approximate surface area is 148 Å². The van der Waals surface area contributed by atoms with Gasteiger partial charge in [-0.05, 0) is 36.8 Å². The van der Waals surface area contributed by atoms with Crippen LogP contribution in [-0.2, 0) is 23.0 Å². The first-order chi connectivity index (χ1) is 11.0. The molecule has 0 bridgehead atoms. The summed E-state index contributed by atoms with van der Waals surface area (Å²) in [7, 11) is -3.30. The van der Waals surface area contributed by atoms with Gasteiger partial charge in [0.2, 0.25) is 10.0 Å². The first-order valence-electron chi connectivity index (χ1n) is 7.69. The highest BCUT2D eigenvalue weighted by Crippen LogP contribution is 2.17. The van der Waals surface area contributed by atoms with Gasteiger partial charge in [-0.15, -0.1) is 11.3 Å². The summed E-state index contributed by atoms with van der Waals surface area (Å²) in [5.41, 5.74) is 1.00. The van der Waals surface area contributed by atoms with Crippen molar-refractivity contribution in [2.75, 3.05) is 11.5 Å². The minimum Gasteiger partial charge on any atom is -0.212 e. The molecule has 0 spiro atoms. The Hall–Kier alpha value is -0.820. The van der Waals surface area contributed by atoms with Gasteiger partial charge in [0.05, 0.1) is 5.75 Å². The summed E-state index contributed by atoms with van der Waals surface area (Å²) in [6, 6.07) is 13.6. The smallest absolute Gasteiger partial charge is 0.212 e. The summed E-state index contributed by atoms with van der Waals surface area (Å²) in [5.74, 6) is 0.687. The maximum atomic E-state index is 12.8. The van der Waals surface area contributed by atoms with Gasteiger partial charge in [-0.2, -0.15) is 16.9 Å². The number of benzene rings is 1. The van der Waals surface area contributed by atoms with E-state index in [0.717, 1.165) is 12.0 Å². The predicted octanol–water partition coefficient (Wildman–Crippen LogP) is 3.83. The molecule has 23 heavy (non-hydrogen) atoms. The van der Waals surface area contributed by atoms with Gasteiger partial charge in [0.25, 0.3) is 0 Å². The lowest BCUT2D eigenvalue weighted by molar-refractivity contribution is 0.352. The molecule has 1 heterocycles. The van der Waals surface area contributed by atoms with E-state index in [2.05, 4.69) is 18.7 Å². The number of sulfonamides is 1. The largest absolute Gasteiger partial charge is 0.214 e. The van der Waals surface area contributed by atoms with E-state index in [9.17, 15) is 8.42 Å². The van der Waals surface area contributed by atoms with Gasteiger partial charge in [0.1, 0.15) is 0 Å². The summed E-state index contributed by atoms with van der Waals surface area (Å²) >= 11 is 5.96. The monoisotopic (exact) mass is 369 g/mol. The second-order valence-electron chi connectivity index (χ2n) is 5.56. The summed E-state index contributed by atoms with van der Waals surface area (Å²) in [6.07, 6.45) is 1.46. The van der Waals surface area contributed by atoms with Crippen LogP contribution in [-0.4, -0.2) is 30.3 Å². The molecule has 0 fully saturated rings. The van der Waals surface area contributed by atoms with Crippen LogP contribution in [0.4, 0.5) is 0 Å². The molecule has 1 aromatic heterocycles. The average molecular weight is 370 g/mol. The van der Waals surface area contributed by atoms with Gasteiger partial charge in [-0.1, -0.05) is 36.4 Å². The molecule has 3 nitrogen and oxygen atoms in total. The summed E-state index contributed by atoms with van der Waals surface area (Å²) < 4.78 is 27.1. The zero-order chi connectivity index (χ0) is 16.7. The Bertz CT molecular complexity index is 669. The van der Waals surface area contributed by atoms with Crippen LogP contribution in [0.25, 0.3) is 0 Å². The standard InChI is InChI=1S/C17H23NO2S3/c1-15(14-21)18(13-16-7-3-2-4-8-16)23(19,20)12-6-10-17-9-5-11-22-17/h2-5,7-9,11,15,21H,6,10,12-14H2,1H3/t15-/m1/s1. The van der Waals surface area contributed by atoms with Gasteiger partial charge >= 0.3 is 0 Å². The first-order valence-corrected chi connectivity index (χ1v) is 10.8. The third-order valence-corrected chi connectivity index (χ3v) is 7.17. The molecule has 2 rings (SSSR count). The van der Waals surface area contributed by atoms with Crippen LogP contribution < -0.4 is 0 Å². The van der Waals surface area contributed by atoms with E-state index in [1.54, 1.807) is 15.6 Å². The highest BCUT2D eigenvalue weighted by molar-refractivity contribution is 7.89. The van der Waals surface area contributed by atoms with Gasteiger partial charge < -0.3 is 0 Å². The van der Waals surface area contributed by atoms with Gasteiger partial charge in [-0.3, -0.25) is 0 Å². The van der Waals surface area contributed by atoms with E-state index in [-0.39, 0.29) is 11.8 Å². The molecular weight excluding hydrogens is 346 g/mol. The predicted molar refractivity (Wildman–Crippen MR) is 102 cm³/mol.